The lowest BCUT2D eigenvalue weighted by Gasteiger charge is -2.08. The summed E-state index contributed by atoms with van der Waals surface area (Å²) in [6.45, 7) is 0. The van der Waals surface area contributed by atoms with Gasteiger partial charge < -0.3 is 20.4 Å². The van der Waals surface area contributed by atoms with E-state index < -0.39 is 23.0 Å². The summed E-state index contributed by atoms with van der Waals surface area (Å²) in [5, 5.41) is 38.0. The quantitative estimate of drug-likeness (QED) is 0.391. The van der Waals surface area contributed by atoms with Gasteiger partial charge in [-0.1, -0.05) is 18.2 Å². The van der Waals surface area contributed by atoms with Crippen LogP contribution in [0.25, 0.3) is 11.6 Å². The van der Waals surface area contributed by atoms with Gasteiger partial charge >= 0.3 is 5.97 Å². The van der Waals surface area contributed by atoms with Gasteiger partial charge in [0.1, 0.15) is 22.8 Å². The number of aromatic carboxylic acids is 1. The van der Waals surface area contributed by atoms with Crippen LogP contribution in [-0.4, -0.2) is 32.7 Å². The van der Waals surface area contributed by atoms with Crippen LogP contribution in [0.15, 0.2) is 36.4 Å². The van der Waals surface area contributed by atoms with Gasteiger partial charge in [0.05, 0.1) is 0 Å². The zero-order chi connectivity index (χ0) is 16.3. The normalized spacial score (nSPS) is 11.2. The van der Waals surface area contributed by atoms with Crippen molar-refractivity contribution in [3.05, 3.63) is 53.1 Å². The minimum atomic E-state index is -1.40. The van der Waals surface area contributed by atoms with Crippen LogP contribution in [0.4, 0.5) is 0 Å². The molecule has 6 nitrogen and oxygen atoms in total. The molecule has 0 atom stereocenters. The van der Waals surface area contributed by atoms with Crippen molar-refractivity contribution in [2.75, 3.05) is 0 Å². The van der Waals surface area contributed by atoms with Crippen LogP contribution in [0.1, 0.15) is 21.5 Å². The molecule has 2 aromatic carbocycles. The van der Waals surface area contributed by atoms with Crippen LogP contribution in [0.2, 0.25) is 0 Å². The Morgan fingerprint density at radius 1 is 0.909 bits per heavy atom. The summed E-state index contributed by atoms with van der Waals surface area (Å²) in [4.78, 5) is 22.3. The Balaban J connectivity index is 2.62. The van der Waals surface area contributed by atoms with E-state index in [2.05, 4.69) is 0 Å². The zero-order valence-corrected chi connectivity index (χ0v) is 11.2. The molecular formula is C16H12O6. The molecule has 0 aliphatic rings. The van der Waals surface area contributed by atoms with Crippen LogP contribution in [-0.2, 0) is 4.79 Å². The Hall–Kier alpha value is -3.28. The second-order valence-corrected chi connectivity index (χ2v) is 4.47. The van der Waals surface area contributed by atoms with Gasteiger partial charge in [-0.2, -0.15) is 0 Å². The third kappa shape index (κ3) is 2.90. The summed E-state index contributed by atoms with van der Waals surface area (Å²) in [6, 6.07) is 8.07. The van der Waals surface area contributed by atoms with Crippen molar-refractivity contribution in [1.82, 2.24) is 0 Å². The molecule has 0 saturated heterocycles. The van der Waals surface area contributed by atoms with Crippen LogP contribution >= 0.6 is 0 Å². The number of para-hydroxylation sites is 1. The maximum absolute atomic E-state index is 11.3. The maximum atomic E-state index is 11.3. The second kappa shape index (κ2) is 6.01. The van der Waals surface area contributed by atoms with Crippen molar-refractivity contribution in [1.29, 1.82) is 0 Å². The van der Waals surface area contributed by atoms with E-state index in [0.717, 1.165) is 12.1 Å². The van der Waals surface area contributed by atoms with E-state index in [4.69, 9.17) is 5.11 Å². The molecule has 112 valence electrons. The number of benzene rings is 2. The van der Waals surface area contributed by atoms with E-state index in [1.165, 1.54) is 12.1 Å². The van der Waals surface area contributed by atoms with E-state index >= 15 is 0 Å². The van der Waals surface area contributed by atoms with Crippen molar-refractivity contribution in [2.45, 2.75) is 0 Å². The lowest BCUT2D eigenvalue weighted by molar-refractivity contribution is -0.103. The van der Waals surface area contributed by atoms with Gasteiger partial charge in [0, 0.05) is 22.8 Å². The minimum absolute atomic E-state index is 0.0403. The molecule has 0 fully saturated rings. The smallest absolute Gasteiger partial charge is 0.339 e. The number of carboxylic acid groups (broad SMARTS) is 1. The molecule has 22 heavy (non-hydrogen) atoms. The lowest BCUT2D eigenvalue weighted by Crippen LogP contribution is -1.99. The number of carbonyl (C=O) groups excluding carboxylic acids is 1. The Labute approximate surface area is 125 Å². The predicted octanol–water partition coefficient (Wildman–Crippen LogP) is 2.24. The van der Waals surface area contributed by atoms with Gasteiger partial charge in [0.2, 0.25) is 0 Å². The SMILES string of the molecule is O=CC(=Cc1ccccc1O)c1cc(C(=O)O)c(O)cc1O. The van der Waals surface area contributed by atoms with E-state index in [0.29, 0.717) is 11.8 Å². The highest BCUT2D eigenvalue weighted by Crippen LogP contribution is 2.33. The highest BCUT2D eigenvalue weighted by atomic mass is 16.4. The fourth-order valence-corrected chi connectivity index (χ4v) is 1.93. The number of rotatable bonds is 4. The maximum Gasteiger partial charge on any atom is 0.339 e. The lowest BCUT2D eigenvalue weighted by atomic mass is 9.99. The summed E-state index contributed by atoms with van der Waals surface area (Å²) >= 11 is 0. The number of carbonyl (C=O) groups is 2. The molecule has 0 saturated carbocycles. The molecule has 0 aliphatic heterocycles. The van der Waals surface area contributed by atoms with Gasteiger partial charge in [-0.05, 0) is 18.2 Å². The largest absolute Gasteiger partial charge is 0.507 e. The summed E-state index contributed by atoms with van der Waals surface area (Å²) in [5.74, 6) is -2.53. The molecule has 0 spiro atoms. The fraction of sp³-hybridized carbons (Fsp3) is 0. The molecule has 0 radical (unpaired) electrons. The number of aromatic hydroxyl groups is 3. The number of hydrogen-bond donors (Lipinski definition) is 4. The molecule has 2 aromatic rings. The Bertz CT molecular complexity index is 776. The Morgan fingerprint density at radius 2 is 1.55 bits per heavy atom. The Morgan fingerprint density at radius 3 is 2.14 bits per heavy atom. The molecule has 0 amide bonds. The fourth-order valence-electron chi connectivity index (χ4n) is 1.93. The standard InChI is InChI=1S/C16H12O6/c17-8-10(5-9-3-1-2-4-13(9)18)11-6-12(16(21)22)15(20)7-14(11)19/h1-8,18-20H,(H,21,22). The average molecular weight is 300 g/mol. The van der Waals surface area contributed by atoms with Gasteiger partial charge in [-0.25, -0.2) is 4.79 Å². The highest BCUT2D eigenvalue weighted by Gasteiger charge is 2.16. The highest BCUT2D eigenvalue weighted by molar-refractivity contribution is 6.15. The second-order valence-electron chi connectivity index (χ2n) is 4.47. The van der Waals surface area contributed by atoms with Crippen molar-refractivity contribution < 1.29 is 30.0 Å². The molecule has 2 rings (SSSR count). The summed E-state index contributed by atoms with van der Waals surface area (Å²) in [7, 11) is 0. The summed E-state index contributed by atoms with van der Waals surface area (Å²) in [5.41, 5.74) is -0.221. The van der Waals surface area contributed by atoms with Crippen LogP contribution in [0.3, 0.4) is 0 Å². The molecular weight excluding hydrogens is 288 g/mol. The molecule has 0 aliphatic carbocycles. The summed E-state index contributed by atoms with van der Waals surface area (Å²) < 4.78 is 0. The van der Waals surface area contributed by atoms with Gasteiger partial charge in [-0.15, -0.1) is 0 Å². The molecule has 6 heteroatoms. The van der Waals surface area contributed by atoms with E-state index in [-0.39, 0.29) is 16.9 Å². The number of phenolic OH excluding ortho intramolecular Hbond substituents is 2. The average Bonchev–Trinajstić information content (AvgIpc) is 2.47. The number of phenols is 3. The first-order chi connectivity index (χ1) is 10.4. The first-order valence-corrected chi connectivity index (χ1v) is 6.18. The number of allylic oxidation sites excluding steroid dienone is 1. The number of aldehydes is 1. The van der Waals surface area contributed by atoms with Gasteiger partial charge in [-0.3, -0.25) is 4.79 Å². The monoisotopic (exact) mass is 300 g/mol. The first-order valence-electron chi connectivity index (χ1n) is 6.18. The van der Waals surface area contributed by atoms with Crippen molar-refractivity contribution in [2.24, 2.45) is 0 Å². The van der Waals surface area contributed by atoms with Crippen molar-refractivity contribution >= 4 is 23.9 Å². The van der Waals surface area contributed by atoms with Crippen LogP contribution < -0.4 is 0 Å². The zero-order valence-electron chi connectivity index (χ0n) is 11.2. The Kier molecular flexibility index (Phi) is 4.13. The topological polar surface area (TPSA) is 115 Å². The molecule has 0 unspecified atom stereocenters. The molecule has 4 N–H and O–H groups in total. The summed E-state index contributed by atoms with van der Waals surface area (Å²) in [6.07, 6.45) is 1.73. The third-order valence-corrected chi connectivity index (χ3v) is 3.03. The van der Waals surface area contributed by atoms with Gasteiger partial charge in [0.15, 0.2) is 6.29 Å². The van der Waals surface area contributed by atoms with E-state index in [9.17, 15) is 24.9 Å². The number of hydrogen-bond acceptors (Lipinski definition) is 5. The molecule has 0 bridgehead atoms. The third-order valence-electron chi connectivity index (χ3n) is 3.03. The van der Waals surface area contributed by atoms with Crippen molar-refractivity contribution in [3.63, 3.8) is 0 Å². The molecule has 0 heterocycles. The van der Waals surface area contributed by atoms with E-state index in [1.807, 2.05) is 0 Å². The predicted molar refractivity (Wildman–Crippen MR) is 78.8 cm³/mol. The first kappa shape index (κ1) is 15.1. The number of carboxylic acids is 1. The molecule has 0 aromatic heterocycles. The minimum Gasteiger partial charge on any atom is -0.507 e. The van der Waals surface area contributed by atoms with Gasteiger partial charge in [0.25, 0.3) is 0 Å². The van der Waals surface area contributed by atoms with E-state index in [1.54, 1.807) is 18.2 Å². The van der Waals surface area contributed by atoms with Crippen LogP contribution in [0.5, 0.6) is 17.2 Å². The van der Waals surface area contributed by atoms with Crippen LogP contribution in [0, 0.1) is 0 Å². The van der Waals surface area contributed by atoms with Crippen molar-refractivity contribution in [3.8, 4) is 17.2 Å².